The fourth-order valence-corrected chi connectivity index (χ4v) is 2.24. The largest absolute Gasteiger partial charge is 0.491 e. The number of ether oxygens (including phenoxy) is 2. The minimum absolute atomic E-state index is 0.544. The van der Waals surface area contributed by atoms with E-state index in [4.69, 9.17) is 21.1 Å². The van der Waals surface area contributed by atoms with Gasteiger partial charge >= 0.3 is 0 Å². The van der Waals surface area contributed by atoms with Crippen molar-refractivity contribution in [2.45, 2.75) is 6.54 Å². The van der Waals surface area contributed by atoms with Crippen LogP contribution >= 0.6 is 27.5 Å². The van der Waals surface area contributed by atoms with Crippen molar-refractivity contribution in [2.24, 2.45) is 0 Å². The first-order chi connectivity index (χ1) is 10.2. The molecule has 0 heterocycles. The van der Waals surface area contributed by atoms with Crippen molar-refractivity contribution in [2.75, 3.05) is 25.6 Å². The van der Waals surface area contributed by atoms with E-state index < -0.39 is 0 Å². The summed E-state index contributed by atoms with van der Waals surface area (Å²) in [6.45, 7) is 1.83. The van der Waals surface area contributed by atoms with E-state index in [2.05, 4.69) is 21.2 Å². The molecule has 0 atom stereocenters. The predicted molar refractivity (Wildman–Crippen MR) is 90.3 cm³/mol. The van der Waals surface area contributed by atoms with Crippen LogP contribution in [0.5, 0.6) is 5.75 Å². The summed E-state index contributed by atoms with van der Waals surface area (Å²) in [7, 11) is 1.66. The Hall–Kier alpha value is -1.23. The Morgan fingerprint density at radius 1 is 1.14 bits per heavy atom. The van der Waals surface area contributed by atoms with Crippen molar-refractivity contribution < 1.29 is 9.47 Å². The lowest BCUT2D eigenvalue weighted by molar-refractivity contribution is 0.146. The Kier molecular flexibility index (Phi) is 6.36. The van der Waals surface area contributed by atoms with Crippen molar-refractivity contribution >= 4 is 33.2 Å². The van der Waals surface area contributed by atoms with E-state index in [0.29, 0.717) is 24.8 Å². The van der Waals surface area contributed by atoms with Gasteiger partial charge in [0.05, 0.1) is 11.6 Å². The van der Waals surface area contributed by atoms with E-state index in [1.165, 1.54) is 0 Å². The summed E-state index contributed by atoms with van der Waals surface area (Å²) in [6, 6.07) is 13.8. The summed E-state index contributed by atoms with van der Waals surface area (Å²) < 4.78 is 11.4. The number of hydrogen-bond donors (Lipinski definition) is 1. The topological polar surface area (TPSA) is 30.5 Å². The van der Waals surface area contributed by atoms with Crippen LogP contribution in [-0.2, 0) is 11.3 Å². The fourth-order valence-electron chi connectivity index (χ4n) is 1.79. The second-order valence-corrected chi connectivity index (χ2v) is 5.73. The summed E-state index contributed by atoms with van der Waals surface area (Å²) in [5, 5.41) is 4.07. The quantitative estimate of drug-likeness (QED) is 0.714. The summed E-state index contributed by atoms with van der Waals surface area (Å²) in [4.78, 5) is 0. The standard InChI is InChI=1S/C16H17BrClNO2/c1-20-7-8-21-14-4-2-3-13(10-14)19-11-12-5-6-15(17)16(18)9-12/h2-6,9-10,19H,7-8,11H2,1H3. The van der Waals surface area contributed by atoms with Crippen LogP contribution in [0.15, 0.2) is 46.9 Å². The van der Waals surface area contributed by atoms with E-state index in [0.717, 1.165) is 21.5 Å². The van der Waals surface area contributed by atoms with Crippen LogP contribution < -0.4 is 10.1 Å². The van der Waals surface area contributed by atoms with Gasteiger partial charge in [0.15, 0.2) is 0 Å². The highest BCUT2D eigenvalue weighted by Gasteiger charge is 2.01. The molecule has 5 heteroatoms. The molecule has 0 aliphatic rings. The van der Waals surface area contributed by atoms with Gasteiger partial charge in [-0.05, 0) is 45.8 Å². The van der Waals surface area contributed by atoms with Crippen LogP contribution in [-0.4, -0.2) is 20.3 Å². The third-order valence-corrected chi connectivity index (χ3v) is 4.10. The molecule has 0 amide bonds. The molecule has 2 aromatic carbocycles. The lowest BCUT2D eigenvalue weighted by Crippen LogP contribution is -2.05. The van der Waals surface area contributed by atoms with Gasteiger partial charge in [0.1, 0.15) is 12.4 Å². The zero-order chi connectivity index (χ0) is 15.1. The average molecular weight is 371 g/mol. The minimum Gasteiger partial charge on any atom is -0.491 e. The SMILES string of the molecule is COCCOc1cccc(NCc2ccc(Br)c(Cl)c2)c1. The Labute approximate surface area is 138 Å². The van der Waals surface area contributed by atoms with Crippen LogP contribution in [0.25, 0.3) is 0 Å². The molecule has 21 heavy (non-hydrogen) atoms. The third-order valence-electron chi connectivity index (χ3n) is 2.87. The molecule has 0 bridgehead atoms. The lowest BCUT2D eigenvalue weighted by atomic mass is 10.2. The van der Waals surface area contributed by atoms with Crippen LogP contribution in [0.4, 0.5) is 5.69 Å². The van der Waals surface area contributed by atoms with Gasteiger partial charge < -0.3 is 14.8 Å². The molecule has 2 rings (SSSR count). The number of rotatable bonds is 7. The molecule has 0 saturated carbocycles. The van der Waals surface area contributed by atoms with E-state index in [1.807, 2.05) is 42.5 Å². The third kappa shape index (κ3) is 5.23. The molecule has 0 aromatic heterocycles. The molecule has 0 unspecified atom stereocenters. The summed E-state index contributed by atoms with van der Waals surface area (Å²) >= 11 is 9.47. The van der Waals surface area contributed by atoms with E-state index in [-0.39, 0.29) is 0 Å². The molecule has 3 nitrogen and oxygen atoms in total. The number of hydrogen-bond acceptors (Lipinski definition) is 3. The van der Waals surface area contributed by atoms with Crippen LogP contribution in [0.1, 0.15) is 5.56 Å². The van der Waals surface area contributed by atoms with Gasteiger partial charge in [-0.25, -0.2) is 0 Å². The van der Waals surface area contributed by atoms with Gasteiger partial charge in [-0.1, -0.05) is 23.7 Å². The Morgan fingerprint density at radius 3 is 2.76 bits per heavy atom. The molecule has 0 aliphatic carbocycles. The maximum atomic E-state index is 6.09. The number of halogens is 2. The molecular weight excluding hydrogens is 354 g/mol. The summed E-state index contributed by atoms with van der Waals surface area (Å²) in [6.07, 6.45) is 0. The van der Waals surface area contributed by atoms with Gasteiger partial charge in [0, 0.05) is 29.9 Å². The second-order valence-electron chi connectivity index (χ2n) is 4.47. The molecule has 2 aromatic rings. The van der Waals surface area contributed by atoms with E-state index in [9.17, 15) is 0 Å². The molecular formula is C16H17BrClNO2. The molecule has 1 N–H and O–H groups in total. The maximum absolute atomic E-state index is 6.09. The Balaban J connectivity index is 1.93. The minimum atomic E-state index is 0.544. The van der Waals surface area contributed by atoms with Crippen molar-refractivity contribution in [3.63, 3.8) is 0 Å². The number of methoxy groups -OCH3 is 1. The van der Waals surface area contributed by atoms with Crippen LogP contribution in [0.2, 0.25) is 5.02 Å². The van der Waals surface area contributed by atoms with Crippen molar-refractivity contribution in [1.29, 1.82) is 0 Å². The molecule has 0 fully saturated rings. The molecule has 0 saturated heterocycles. The lowest BCUT2D eigenvalue weighted by Gasteiger charge is -2.10. The first-order valence-corrected chi connectivity index (χ1v) is 7.76. The van der Waals surface area contributed by atoms with Crippen molar-refractivity contribution in [1.82, 2.24) is 0 Å². The van der Waals surface area contributed by atoms with Crippen molar-refractivity contribution in [3.05, 3.63) is 57.5 Å². The predicted octanol–water partition coefficient (Wildman–Crippen LogP) is 4.74. The first-order valence-electron chi connectivity index (χ1n) is 6.58. The van der Waals surface area contributed by atoms with Gasteiger partial charge in [-0.3, -0.25) is 0 Å². The Morgan fingerprint density at radius 2 is 2.00 bits per heavy atom. The average Bonchev–Trinajstić information content (AvgIpc) is 2.49. The van der Waals surface area contributed by atoms with E-state index in [1.54, 1.807) is 7.11 Å². The molecule has 0 aliphatic heterocycles. The van der Waals surface area contributed by atoms with Gasteiger partial charge in [-0.15, -0.1) is 0 Å². The zero-order valence-electron chi connectivity index (χ0n) is 11.7. The highest BCUT2D eigenvalue weighted by atomic mass is 79.9. The smallest absolute Gasteiger partial charge is 0.121 e. The molecule has 0 spiro atoms. The maximum Gasteiger partial charge on any atom is 0.121 e. The number of anilines is 1. The Bertz CT molecular complexity index is 592. The summed E-state index contributed by atoms with van der Waals surface area (Å²) in [5.74, 6) is 0.825. The summed E-state index contributed by atoms with van der Waals surface area (Å²) in [5.41, 5.74) is 2.12. The number of benzene rings is 2. The highest BCUT2D eigenvalue weighted by Crippen LogP contribution is 2.24. The fraction of sp³-hybridized carbons (Fsp3) is 0.250. The van der Waals surface area contributed by atoms with Crippen molar-refractivity contribution in [3.8, 4) is 5.75 Å². The van der Waals surface area contributed by atoms with Gasteiger partial charge in [0.2, 0.25) is 0 Å². The zero-order valence-corrected chi connectivity index (χ0v) is 14.1. The monoisotopic (exact) mass is 369 g/mol. The first kappa shape index (κ1) is 16.1. The van der Waals surface area contributed by atoms with Gasteiger partial charge in [0.25, 0.3) is 0 Å². The normalized spacial score (nSPS) is 10.4. The molecule has 112 valence electrons. The van der Waals surface area contributed by atoms with E-state index >= 15 is 0 Å². The van der Waals surface area contributed by atoms with Gasteiger partial charge in [-0.2, -0.15) is 0 Å². The highest BCUT2D eigenvalue weighted by molar-refractivity contribution is 9.10. The second kappa shape index (κ2) is 8.27. The van der Waals surface area contributed by atoms with Crippen LogP contribution in [0.3, 0.4) is 0 Å². The molecule has 0 radical (unpaired) electrons. The van der Waals surface area contributed by atoms with Crippen LogP contribution in [0, 0.1) is 0 Å². The number of nitrogens with one attached hydrogen (secondary N) is 1.